The van der Waals surface area contributed by atoms with Crippen molar-refractivity contribution < 1.29 is 4.74 Å². The fourth-order valence-corrected chi connectivity index (χ4v) is 3.39. The number of halogens is 4. The molecule has 106 valence electrons. The van der Waals surface area contributed by atoms with Crippen molar-refractivity contribution in [2.75, 3.05) is 6.61 Å². The van der Waals surface area contributed by atoms with Crippen molar-refractivity contribution in [3.63, 3.8) is 0 Å². The maximum Gasteiger partial charge on any atom is 0.120 e. The van der Waals surface area contributed by atoms with Crippen LogP contribution in [-0.4, -0.2) is 6.61 Å². The van der Waals surface area contributed by atoms with Crippen LogP contribution in [0.5, 0.6) is 5.75 Å². The first-order valence-corrected chi connectivity index (χ1v) is 8.72. The predicted molar refractivity (Wildman–Crippen MR) is 97.2 cm³/mol. The largest absolute Gasteiger partial charge is 0.494 e. The van der Waals surface area contributed by atoms with Crippen LogP contribution in [0.4, 0.5) is 0 Å². The van der Waals surface area contributed by atoms with E-state index in [1.807, 2.05) is 43.3 Å². The highest BCUT2D eigenvalue weighted by Crippen LogP contribution is 2.37. The molecule has 0 amide bonds. The molecule has 0 bridgehead atoms. The quantitative estimate of drug-likeness (QED) is 0.358. The first kappa shape index (κ1) is 16.4. The minimum Gasteiger partial charge on any atom is -0.494 e. The van der Waals surface area contributed by atoms with E-state index in [0.717, 1.165) is 29.9 Å². The second-order valence-electron chi connectivity index (χ2n) is 4.15. The van der Waals surface area contributed by atoms with Gasteiger partial charge in [-0.2, -0.15) is 0 Å². The van der Waals surface area contributed by atoms with E-state index in [4.69, 9.17) is 27.9 Å². The Labute approximate surface area is 150 Å². The van der Waals surface area contributed by atoms with Crippen molar-refractivity contribution in [2.24, 2.45) is 0 Å². The Morgan fingerprint density at radius 3 is 2.60 bits per heavy atom. The van der Waals surface area contributed by atoms with E-state index in [1.165, 1.54) is 0 Å². The number of hydrogen-bond donors (Lipinski definition) is 0. The van der Waals surface area contributed by atoms with Crippen LogP contribution >= 0.6 is 61.7 Å². The SMILES string of the molecule is CCOc1ccc(C(Cl)c2ccc(I)c(Cl)c2)c(Br)c1. The molecule has 0 spiro atoms. The highest BCUT2D eigenvalue weighted by Gasteiger charge is 2.15. The molecule has 2 aromatic rings. The van der Waals surface area contributed by atoms with Crippen LogP contribution in [0.25, 0.3) is 0 Å². The van der Waals surface area contributed by atoms with E-state index in [1.54, 1.807) is 0 Å². The van der Waals surface area contributed by atoms with E-state index in [0.29, 0.717) is 6.61 Å². The average Bonchev–Trinajstić information content (AvgIpc) is 2.42. The van der Waals surface area contributed by atoms with Crippen molar-refractivity contribution in [3.05, 3.63) is 60.6 Å². The lowest BCUT2D eigenvalue weighted by Gasteiger charge is -2.14. The van der Waals surface area contributed by atoms with Gasteiger partial charge in [0.25, 0.3) is 0 Å². The van der Waals surface area contributed by atoms with Gasteiger partial charge in [0, 0.05) is 8.04 Å². The summed E-state index contributed by atoms with van der Waals surface area (Å²) >= 11 is 18.5. The minimum atomic E-state index is -0.255. The van der Waals surface area contributed by atoms with Crippen molar-refractivity contribution in [1.29, 1.82) is 0 Å². The number of ether oxygens (including phenoxy) is 1. The molecule has 5 heteroatoms. The monoisotopic (exact) mass is 484 g/mol. The van der Waals surface area contributed by atoms with Gasteiger partial charge in [-0.1, -0.05) is 39.7 Å². The molecule has 0 radical (unpaired) electrons. The summed E-state index contributed by atoms with van der Waals surface area (Å²) in [5.74, 6) is 0.827. The van der Waals surface area contributed by atoms with Gasteiger partial charge in [-0.15, -0.1) is 11.6 Å². The molecule has 20 heavy (non-hydrogen) atoms. The van der Waals surface area contributed by atoms with Crippen LogP contribution in [0, 0.1) is 3.57 Å². The molecular formula is C15H12BrCl2IO. The maximum absolute atomic E-state index is 6.56. The van der Waals surface area contributed by atoms with Crippen molar-refractivity contribution >= 4 is 61.7 Å². The smallest absolute Gasteiger partial charge is 0.120 e. The number of hydrogen-bond acceptors (Lipinski definition) is 1. The highest BCUT2D eigenvalue weighted by atomic mass is 127. The van der Waals surface area contributed by atoms with Gasteiger partial charge in [-0.25, -0.2) is 0 Å². The van der Waals surface area contributed by atoms with Crippen LogP contribution in [0.1, 0.15) is 23.4 Å². The van der Waals surface area contributed by atoms with Gasteiger partial charge >= 0.3 is 0 Å². The minimum absolute atomic E-state index is 0.255. The third kappa shape index (κ3) is 3.81. The van der Waals surface area contributed by atoms with E-state index in [-0.39, 0.29) is 5.38 Å². The predicted octanol–water partition coefficient (Wildman–Crippen LogP) is 6.43. The van der Waals surface area contributed by atoms with E-state index in [9.17, 15) is 0 Å². The summed E-state index contributed by atoms with van der Waals surface area (Å²) < 4.78 is 7.41. The van der Waals surface area contributed by atoms with Gasteiger partial charge in [-0.05, 0) is 64.9 Å². The molecule has 1 nitrogen and oxygen atoms in total. The molecule has 0 heterocycles. The molecule has 0 N–H and O–H groups in total. The molecule has 0 saturated heterocycles. The molecule has 0 saturated carbocycles. The first-order chi connectivity index (χ1) is 9.52. The normalized spacial score (nSPS) is 12.2. The van der Waals surface area contributed by atoms with Gasteiger partial charge in [0.1, 0.15) is 5.75 Å². The van der Waals surface area contributed by atoms with Crippen LogP contribution in [0.2, 0.25) is 5.02 Å². The summed E-state index contributed by atoms with van der Waals surface area (Å²) in [6.45, 7) is 2.60. The van der Waals surface area contributed by atoms with Crippen LogP contribution in [0.15, 0.2) is 40.9 Å². The lowest BCUT2D eigenvalue weighted by Crippen LogP contribution is -1.97. The van der Waals surface area contributed by atoms with Gasteiger partial charge in [0.15, 0.2) is 0 Å². The number of rotatable bonds is 4. The molecule has 1 atom stereocenters. The summed E-state index contributed by atoms with van der Waals surface area (Å²) in [5, 5.41) is 0.463. The van der Waals surface area contributed by atoms with Gasteiger partial charge in [-0.3, -0.25) is 0 Å². The summed E-state index contributed by atoms with van der Waals surface area (Å²) in [5.41, 5.74) is 1.97. The zero-order valence-electron chi connectivity index (χ0n) is 10.7. The molecule has 0 aliphatic carbocycles. The number of alkyl halides is 1. The lowest BCUT2D eigenvalue weighted by atomic mass is 10.0. The molecule has 0 aromatic heterocycles. The molecule has 0 aliphatic rings. The van der Waals surface area contributed by atoms with E-state index < -0.39 is 0 Å². The first-order valence-electron chi connectivity index (χ1n) is 6.04. The van der Waals surface area contributed by atoms with Gasteiger partial charge < -0.3 is 4.74 Å². The second kappa shape index (κ2) is 7.34. The van der Waals surface area contributed by atoms with E-state index >= 15 is 0 Å². The molecule has 1 unspecified atom stereocenters. The van der Waals surface area contributed by atoms with Gasteiger partial charge in [0.2, 0.25) is 0 Å². The van der Waals surface area contributed by atoms with Gasteiger partial charge in [0.05, 0.1) is 17.0 Å². The average molecular weight is 486 g/mol. The molecular weight excluding hydrogens is 474 g/mol. The molecule has 2 rings (SSSR count). The molecule has 0 fully saturated rings. The van der Waals surface area contributed by atoms with Crippen LogP contribution in [0.3, 0.4) is 0 Å². The fourth-order valence-electron chi connectivity index (χ4n) is 1.82. The zero-order chi connectivity index (χ0) is 14.7. The van der Waals surface area contributed by atoms with Crippen molar-refractivity contribution in [3.8, 4) is 5.75 Å². The number of benzene rings is 2. The Morgan fingerprint density at radius 1 is 1.25 bits per heavy atom. The molecule has 0 aliphatic heterocycles. The Kier molecular flexibility index (Phi) is 6.02. The third-order valence-corrected chi connectivity index (χ3v) is 5.54. The van der Waals surface area contributed by atoms with Crippen LogP contribution < -0.4 is 4.74 Å². The summed E-state index contributed by atoms with van der Waals surface area (Å²) in [6, 6.07) is 11.7. The topological polar surface area (TPSA) is 9.23 Å². The Morgan fingerprint density at radius 2 is 2.00 bits per heavy atom. The zero-order valence-corrected chi connectivity index (χ0v) is 15.9. The Balaban J connectivity index is 2.32. The highest BCUT2D eigenvalue weighted by molar-refractivity contribution is 14.1. The molecule has 2 aromatic carbocycles. The summed E-state index contributed by atoms with van der Waals surface area (Å²) in [4.78, 5) is 0. The van der Waals surface area contributed by atoms with E-state index in [2.05, 4.69) is 38.5 Å². The Bertz CT molecular complexity index is 619. The van der Waals surface area contributed by atoms with Crippen LogP contribution in [-0.2, 0) is 0 Å². The Hall–Kier alpha value is 0.0300. The summed E-state index contributed by atoms with van der Waals surface area (Å²) in [6.07, 6.45) is 0. The standard InChI is InChI=1S/C15H12BrCl2IO/c1-2-20-10-4-5-11(12(16)8-10)15(18)9-3-6-14(19)13(17)7-9/h3-8,15H,2H2,1H3. The fraction of sp³-hybridized carbons (Fsp3) is 0.200. The van der Waals surface area contributed by atoms with Crippen molar-refractivity contribution in [2.45, 2.75) is 12.3 Å². The third-order valence-electron chi connectivity index (χ3n) is 2.79. The maximum atomic E-state index is 6.56. The summed E-state index contributed by atoms with van der Waals surface area (Å²) in [7, 11) is 0. The van der Waals surface area contributed by atoms with Crippen molar-refractivity contribution in [1.82, 2.24) is 0 Å². The lowest BCUT2D eigenvalue weighted by molar-refractivity contribution is 0.340. The second-order valence-corrected chi connectivity index (χ2v) is 7.01.